The first-order chi connectivity index (χ1) is 26.2. The zero-order chi connectivity index (χ0) is 34.9. The van der Waals surface area contributed by atoms with Crippen molar-refractivity contribution in [1.29, 1.82) is 0 Å². The van der Waals surface area contributed by atoms with E-state index in [0.29, 0.717) is 17.5 Å². The summed E-state index contributed by atoms with van der Waals surface area (Å²) in [5.41, 5.74) is 13.8. The van der Waals surface area contributed by atoms with Gasteiger partial charge in [-0.05, 0) is 91.7 Å². The summed E-state index contributed by atoms with van der Waals surface area (Å²) in [6.45, 7) is 0. The molecule has 4 nitrogen and oxygen atoms in total. The van der Waals surface area contributed by atoms with Crippen molar-refractivity contribution in [3.05, 3.63) is 176 Å². The van der Waals surface area contributed by atoms with Crippen LogP contribution in [-0.4, -0.2) is 15.0 Å². The molecule has 1 aliphatic rings. The van der Waals surface area contributed by atoms with Crippen molar-refractivity contribution in [3.63, 3.8) is 0 Å². The summed E-state index contributed by atoms with van der Waals surface area (Å²) >= 11 is 0. The molecule has 2 heterocycles. The second-order valence-electron chi connectivity index (χ2n) is 13.6. The van der Waals surface area contributed by atoms with E-state index < -0.39 is 0 Å². The molecule has 10 aromatic rings. The Hall–Kier alpha value is -7.17. The van der Waals surface area contributed by atoms with Crippen LogP contribution >= 0.6 is 0 Å². The number of benzene rings is 8. The van der Waals surface area contributed by atoms with E-state index in [9.17, 15) is 0 Å². The first-order valence-corrected chi connectivity index (χ1v) is 17.9. The Bertz CT molecular complexity index is 2980. The average Bonchev–Trinajstić information content (AvgIpc) is 3.76. The number of rotatable bonds is 5. The van der Waals surface area contributed by atoms with Crippen LogP contribution in [0, 0.1) is 0 Å². The van der Waals surface area contributed by atoms with Gasteiger partial charge in [0.2, 0.25) is 0 Å². The molecule has 0 atom stereocenters. The van der Waals surface area contributed by atoms with Crippen LogP contribution in [0.1, 0.15) is 0 Å². The maximum absolute atomic E-state index is 6.62. The highest BCUT2D eigenvalue weighted by atomic mass is 16.3. The number of fused-ring (bicyclic) bond motifs is 6. The smallest absolute Gasteiger partial charge is 0.164 e. The Labute approximate surface area is 305 Å². The summed E-state index contributed by atoms with van der Waals surface area (Å²) in [5, 5.41) is 4.58. The lowest BCUT2D eigenvalue weighted by Gasteiger charge is -2.13. The Morgan fingerprint density at radius 2 is 0.811 bits per heavy atom. The van der Waals surface area contributed by atoms with Gasteiger partial charge in [0, 0.05) is 27.5 Å². The molecule has 0 fully saturated rings. The predicted octanol–water partition coefficient (Wildman–Crippen LogP) is 12.9. The Morgan fingerprint density at radius 3 is 1.45 bits per heavy atom. The van der Waals surface area contributed by atoms with Gasteiger partial charge in [-0.2, -0.15) is 0 Å². The van der Waals surface area contributed by atoms with Crippen molar-refractivity contribution in [2.45, 2.75) is 0 Å². The molecule has 246 valence electrons. The molecule has 0 radical (unpaired) electrons. The van der Waals surface area contributed by atoms with E-state index >= 15 is 0 Å². The highest BCUT2D eigenvalue weighted by Gasteiger charge is 2.25. The SMILES string of the molecule is c1ccc(-c2cc(-c3ccccc3)cc(-c3nc(-c4ccccc4)nc(-c4cccc5oc6cc7c(cc6c45)-c4cccc5cccc-7c45)n3)c2)cc1. The van der Waals surface area contributed by atoms with Crippen LogP contribution < -0.4 is 0 Å². The van der Waals surface area contributed by atoms with E-state index in [2.05, 4.69) is 121 Å². The van der Waals surface area contributed by atoms with Crippen molar-refractivity contribution in [2.24, 2.45) is 0 Å². The van der Waals surface area contributed by atoms with Crippen LogP contribution in [-0.2, 0) is 0 Å². The summed E-state index contributed by atoms with van der Waals surface area (Å²) < 4.78 is 6.62. The maximum atomic E-state index is 6.62. The molecule has 53 heavy (non-hydrogen) atoms. The van der Waals surface area contributed by atoms with E-state index in [4.69, 9.17) is 19.4 Å². The van der Waals surface area contributed by atoms with Crippen LogP contribution in [0.4, 0.5) is 0 Å². The minimum atomic E-state index is 0.597. The fourth-order valence-electron chi connectivity index (χ4n) is 7.99. The van der Waals surface area contributed by atoms with E-state index in [-0.39, 0.29) is 0 Å². The van der Waals surface area contributed by atoms with Crippen LogP contribution in [0.15, 0.2) is 180 Å². The topological polar surface area (TPSA) is 51.8 Å². The van der Waals surface area contributed by atoms with E-state index in [1.807, 2.05) is 54.6 Å². The lowest BCUT2D eigenvalue weighted by Crippen LogP contribution is -2.01. The van der Waals surface area contributed by atoms with Crippen molar-refractivity contribution in [1.82, 2.24) is 15.0 Å². The minimum Gasteiger partial charge on any atom is -0.456 e. The highest BCUT2D eigenvalue weighted by Crippen LogP contribution is 2.50. The van der Waals surface area contributed by atoms with Crippen LogP contribution in [0.5, 0.6) is 0 Å². The molecular formula is C49H29N3O. The third-order valence-electron chi connectivity index (χ3n) is 10.4. The molecule has 2 aromatic heterocycles. The summed E-state index contributed by atoms with van der Waals surface area (Å²) in [6.07, 6.45) is 0. The van der Waals surface area contributed by atoms with Gasteiger partial charge in [-0.3, -0.25) is 0 Å². The molecule has 0 spiro atoms. The Morgan fingerprint density at radius 1 is 0.302 bits per heavy atom. The lowest BCUT2D eigenvalue weighted by atomic mass is 9.95. The van der Waals surface area contributed by atoms with Gasteiger partial charge in [0.05, 0.1) is 0 Å². The number of aromatic nitrogens is 3. The molecule has 0 saturated heterocycles. The van der Waals surface area contributed by atoms with E-state index in [0.717, 1.165) is 60.9 Å². The second kappa shape index (κ2) is 11.7. The van der Waals surface area contributed by atoms with Gasteiger partial charge >= 0.3 is 0 Å². The first kappa shape index (κ1) is 29.5. The standard InChI is InChI=1S/C49H29N3O/c1-4-13-30(14-5-1)34-25-35(31-15-6-2-7-16-31)27-36(26-34)48-50-47(33-17-8-3-9-18-33)51-49(52-48)39-23-12-24-43-46(39)42-28-40-37-21-10-19-32-20-11-22-38(45(32)37)41(40)29-44(42)53-43/h1-29H. The van der Waals surface area contributed by atoms with E-state index in [1.165, 1.54) is 33.0 Å². The van der Waals surface area contributed by atoms with Crippen molar-refractivity contribution in [2.75, 3.05) is 0 Å². The monoisotopic (exact) mass is 675 g/mol. The van der Waals surface area contributed by atoms with Crippen LogP contribution in [0.25, 0.3) is 111 Å². The molecule has 0 N–H and O–H groups in total. The third kappa shape index (κ3) is 4.80. The van der Waals surface area contributed by atoms with Crippen molar-refractivity contribution < 1.29 is 4.42 Å². The Kier molecular flexibility index (Phi) is 6.52. The molecular weight excluding hydrogens is 647 g/mol. The van der Waals surface area contributed by atoms with Gasteiger partial charge < -0.3 is 4.42 Å². The zero-order valence-electron chi connectivity index (χ0n) is 28.5. The summed E-state index contributed by atoms with van der Waals surface area (Å²) in [7, 11) is 0. The molecule has 4 heteroatoms. The number of furan rings is 1. The van der Waals surface area contributed by atoms with E-state index in [1.54, 1.807) is 0 Å². The fraction of sp³-hybridized carbons (Fsp3) is 0. The predicted molar refractivity (Wildman–Crippen MR) is 216 cm³/mol. The van der Waals surface area contributed by atoms with Gasteiger partial charge in [0.1, 0.15) is 11.2 Å². The third-order valence-corrected chi connectivity index (χ3v) is 10.4. The number of hydrogen-bond acceptors (Lipinski definition) is 4. The van der Waals surface area contributed by atoms with Gasteiger partial charge in [0.25, 0.3) is 0 Å². The molecule has 0 unspecified atom stereocenters. The second-order valence-corrected chi connectivity index (χ2v) is 13.6. The fourth-order valence-corrected chi connectivity index (χ4v) is 7.99. The summed E-state index contributed by atoms with van der Waals surface area (Å²) in [6, 6.07) is 61.5. The quantitative estimate of drug-likeness (QED) is 0.182. The number of nitrogens with zero attached hydrogens (tertiary/aromatic N) is 3. The highest BCUT2D eigenvalue weighted by molar-refractivity contribution is 6.20. The molecule has 0 saturated carbocycles. The maximum Gasteiger partial charge on any atom is 0.164 e. The number of hydrogen-bond donors (Lipinski definition) is 0. The molecule has 1 aliphatic carbocycles. The Balaban J connectivity index is 1.15. The van der Waals surface area contributed by atoms with Gasteiger partial charge in [-0.1, -0.05) is 140 Å². The summed E-state index contributed by atoms with van der Waals surface area (Å²) in [5.74, 6) is 1.82. The van der Waals surface area contributed by atoms with Gasteiger partial charge in [0.15, 0.2) is 17.5 Å². The van der Waals surface area contributed by atoms with Crippen LogP contribution in [0.2, 0.25) is 0 Å². The van der Waals surface area contributed by atoms with Crippen molar-refractivity contribution in [3.8, 4) is 78.7 Å². The minimum absolute atomic E-state index is 0.597. The molecule has 8 aromatic carbocycles. The van der Waals surface area contributed by atoms with Crippen molar-refractivity contribution >= 4 is 32.7 Å². The summed E-state index contributed by atoms with van der Waals surface area (Å²) in [4.78, 5) is 15.6. The lowest BCUT2D eigenvalue weighted by molar-refractivity contribution is 0.669. The molecule has 0 bridgehead atoms. The normalized spacial score (nSPS) is 11.8. The molecule has 0 amide bonds. The van der Waals surface area contributed by atoms with Gasteiger partial charge in [-0.25, -0.2) is 15.0 Å². The zero-order valence-corrected chi connectivity index (χ0v) is 28.5. The largest absolute Gasteiger partial charge is 0.456 e. The average molecular weight is 676 g/mol. The van der Waals surface area contributed by atoms with Gasteiger partial charge in [-0.15, -0.1) is 0 Å². The molecule has 0 aliphatic heterocycles. The van der Waals surface area contributed by atoms with Crippen LogP contribution in [0.3, 0.4) is 0 Å². The first-order valence-electron chi connectivity index (χ1n) is 17.9. The molecule has 11 rings (SSSR count).